The van der Waals surface area contributed by atoms with Crippen LogP contribution in [0.25, 0.3) is 0 Å². The molecular formula is C15H21ClF2N2. The minimum atomic E-state index is -0.742. The maximum Gasteiger partial charge on any atom is 0.163 e. The number of piperidine rings is 1. The van der Waals surface area contributed by atoms with E-state index in [0.717, 1.165) is 26.2 Å². The monoisotopic (exact) mass is 302 g/mol. The summed E-state index contributed by atoms with van der Waals surface area (Å²) in [6.07, 6.45) is 3.59. The highest BCUT2D eigenvalue weighted by atomic mass is 35.5. The van der Waals surface area contributed by atoms with Crippen molar-refractivity contribution in [3.8, 4) is 0 Å². The molecule has 112 valence electrons. The maximum absolute atomic E-state index is 13.7. The maximum atomic E-state index is 13.7. The molecule has 0 aliphatic carbocycles. The fourth-order valence-electron chi connectivity index (χ4n) is 3.44. The van der Waals surface area contributed by atoms with Gasteiger partial charge < -0.3 is 5.32 Å². The zero-order valence-corrected chi connectivity index (χ0v) is 12.3. The number of hydrogen-bond donors (Lipinski definition) is 1. The van der Waals surface area contributed by atoms with Gasteiger partial charge in [0.05, 0.1) is 0 Å². The third-order valence-corrected chi connectivity index (χ3v) is 4.61. The number of nitrogens with one attached hydrogen (secondary N) is 1. The van der Waals surface area contributed by atoms with Gasteiger partial charge in [-0.1, -0.05) is 12.1 Å². The topological polar surface area (TPSA) is 15.3 Å². The summed E-state index contributed by atoms with van der Waals surface area (Å²) in [5.74, 6) is -1.43. The highest BCUT2D eigenvalue weighted by Crippen LogP contribution is 2.39. The lowest BCUT2D eigenvalue weighted by molar-refractivity contribution is 0.193. The molecule has 0 radical (unpaired) electrons. The van der Waals surface area contributed by atoms with Crippen LogP contribution in [0, 0.1) is 17.0 Å². The summed E-state index contributed by atoms with van der Waals surface area (Å²) in [5.41, 5.74) is 0.890. The van der Waals surface area contributed by atoms with Crippen LogP contribution in [0.2, 0.25) is 0 Å². The minimum absolute atomic E-state index is 0. The second-order valence-corrected chi connectivity index (χ2v) is 5.92. The molecule has 20 heavy (non-hydrogen) atoms. The van der Waals surface area contributed by atoms with E-state index in [-0.39, 0.29) is 12.4 Å². The molecule has 0 aromatic heterocycles. The highest BCUT2D eigenvalue weighted by Gasteiger charge is 2.38. The number of nitrogens with zero attached hydrogens (tertiary/aromatic N) is 1. The average molecular weight is 303 g/mol. The summed E-state index contributed by atoms with van der Waals surface area (Å²) < 4.78 is 26.9. The molecule has 1 aromatic carbocycles. The van der Waals surface area contributed by atoms with Crippen LogP contribution in [0.4, 0.5) is 8.78 Å². The highest BCUT2D eigenvalue weighted by molar-refractivity contribution is 5.85. The summed E-state index contributed by atoms with van der Waals surface area (Å²) in [4.78, 5) is 2.27. The number of rotatable bonds is 2. The number of halogens is 3. The second-order valence-electron chi connectivity index (χ2n) is 5.92. The quantitative estimate of drug-likeness (QED) is 0.903. The SMILES string of the molecule is Cl.Fc1cccc(CN2CCC3(CCNCC3)C2)c1F. The molecule has 2 fully saturated rings. The summed E-state index contributed by atoms with van der Waals surface area (Å²) in [6, 6.07) is 4.45. The Morgan fingerprint density at radius 2 is 1.90 bits per heavy atom. The van der Waals surface area contributed by atoms with Gasteiger partial charge in [-0.25, -0.2) is 8.78 Å². The molecule has 0 amide bonds. The number of benzene rings is 1. The summed E-state index contributed by atoms with van der Waals surface area (Å²) in [7, 11) is 0. The normalized spacial score (nSPS) is 21.9. The zero-order chi connectivity index (χ0) is 13.3. The molecule has 2 heterocycles. The standard InChI is InChI=1S/C15H20F2N2.ClH/c16-13-3-1-2-12(14(13)17)10-19-9-6-15(11-19)4-7-18-8-5-15;/h1-3,18H,4-11H2;1H. The minimum Gasteiger partial charge on any atom is -0.317 e. The Labute approximate surface area is 124 Å². The van der Waals surface area contributed by atoms with Crippen molar-refractivity contribution in [3.05, 3.63) is 35.4 Å². The molecule has 2 nitrogen and oxygen atoms in total. The first kappa shape index (κ1) is 15.7. The first-order valence-electron chi connectivity index (χ1n) is 7.05. The lowest BCUT2D eigenvalue weighted by Gasteiger charge is -2.34. The average Bonchev–Trinajstić information content (AvgIpc) is 2.79. The van der Waals surface area contributed by atoms with E-state index < -0.39 is 11.6 Å². The number of hydrogen-bond acceptors (Lipinski definition) is 2. The van der Waals surface area contributed by atoms with Gasteiger partial charge in [-0.15, -0.1) is 12.4 Å². The van der Waals surface area contributed by atoms with Crippen LogP contribution in [-0.4, -0.2) is 31.1 Å². The van der Waals surface area contributed by atoms with Crippen LogP contribution >= 0.6 is 12.4 Å². The number of likely N-dealkylation sites (tertiary alicyclic amines) is 1. The van der Waals surface area contributed by atoms with Crippen molar-refractivity contribution in [1.29, 1.82) is 0 Å². The van der Waals surface area contributed by atoms with Gasteiger partial charge in [0.15, 0.2) is 11.6 Å². The lowest BCUT2D eigenvalue weighted by Crippen LogP contribution is -2.38. The third kappa shape index (κ3) is 3.13. The van der Waals surface area contributed by atoms with Crippen molar-refractivity contribution in [1.82, 2.24) is 10.2 Å². The van der Waals surface area contributed by atoms with E-state index in [1.165, 1.54) is 25.3 Å². The first-order valence-corrected chi connectivity index (χ1v) is 7.05. The van der Waals surface area contributed by atoms with E-state index in [2.05, 4.69) is 10.2 Å². The summed E-state index contributed by atoms with van der Waals surface area (Å²) in [5, 5.41) is 3.39. The predicted octanol–water partition coefficient (Wildman–Crippen LogP) is 2.96. The summed E-state index contributed by atoms with van der Waals surface area (Å²) in [6.45, 7) is 4.71. The van der Waals surface area contributed by atoms with E-state index in [0.29, 0.717) is 17.5 Å². The molecule has 2 aliphatic heterocycles. The van der Waals surface area contributed by atoms with Crippen molar-refractivity contribution in [3.63, 3.8) is 0 Å². The van der Waals surface area contributed by atoms with Gasteiger partial charge in [-0.3, -0.25) is 4.90 Å². The Kier molecular flexibility index (Phi) is 4.99. The largest absolute Gasteiger partial charge is 0.317 e. The van der Waals surface area contributed by atoms with Crippen molar-refractivity contribution < 1.29 is 8.78 Å². The van der Waals surface area contributed by atoms with E-state index in [1.54, 1.807) is 12.1 Å². The molecule has 2 saturated heterocycles. The molecule has 2 aliphatic rings. The first-order chi connectivity index (χ1) is 9.19. The molecule has 5 heteroatoms. The molecular weight excluding hydrogens is 282 g/mol. The smallest absolute Gasteiger partial charge is 0.163 e. The van der Waals surface area contributed by atoms with Crippen LogP contribution in [0.15, 0.2) is 18.2 Å². The van der Waals surface area contributed by atoms with Gasteiger partial charge in [0, 0.05) is 18.7 Å². The van der Waals surface area contributed by atoms with Crippen LogP contribution in [0.5, 0.6) is 0 Å². The van der Waals surface area contributed by atoms with Crippen LogP contribution in [-0.2, 0) is 6.54 Å². The van der Waals surface area contributed by atoms with Gasteiger partial charge in [-0.2, -0.15) is 0 Å². The van der Waals surface area contributed by atoms with E-state index in [1.807, 2.05) is 0 Å². The van der Waals surface area contributed by atoms with Gasteiger partial charge in [-0.05, 0) is 50.4 Å². The van der Waals surface area contributed by atoms with Crippen LogP contribution in [0.1, 0.15) is 24.8 Å². The van der Waals surface area contributed by atoms with E-state index >= 15 is 0 Å². The van der Waals surface area contributed by atoms with Gasteiger partial charge in [0.2, 0.25) is 0 Å². The summed E-state index contributed by atoms with van der Waals surface area (Å²) >= 11 is 0. The molecule has 1 aromatic rings. The fourth-order valence-corrected chi connectivity index (χ4v) is 3.44. The van der Waals surface area contributed by atoms with Crippen molar-refractivity contribution in [2.45, 2.75) is 25.8 Å². The van der Waals surface area contributed by atoms with Crippen LogP contribution in [0.3, 0.4) is 0 Å². The van der Waals surface area contributed by atoms with Gasteiger partial charge in [0.25, 0.3) is 0 Å². The second kappa shape index (κ2) is 6.37. The van der Waals surface area contributed by atoms with Crippen molar-refractivity contribution in [2.75, 3.05) is 26.2 Å². The third-order valence-electron chi connectivity index (χ3n) is 4.61. The van der Waals surface area contributed by atoms with Gasteiger partial charge in [0.1, 0.15) is 0 Å². The molecule has 1 spiro atoms. The predicted molar refractivity (Wildman–Crippen MR) is 78.0 cm³/mol. The zero-order valence-electron chi connectivity index (χ0n) is 11.5. The van der Waals surface area contributed by atoms with Crippen LogP contribution < -0.4 is 5.32 Å². The Morgan fingerprint density at radius 3 is 2.65 bits per heavy atom. The van der Waals surface area contributed by atoms with E-state index in [4.69, 9.17) is 0 Å². The fraction of sp³-hybridized carbons (Fsp3) is 0.600. The van der Waals surface area contributed by atoms with Crippen molar-refractivity contribution >= 4 is 12.4 Å². The molecule has 3 rings (SSSR count). The van der Waals surface area contributed by atoms with Gasteiger partial charge >= 0.3 is 0 Å². The van der Waals surface area contributed by atoms with Crippen molar-refractivity contribution in [2.24, 2.45) is 5.41 Å². The van der Waals surface area contributed by atoms with E-state index in [9.17, 15) is 8.78 Å². The molecule has 0 bridgehead atoms. The Morgan fingerprint density at radius 1 is 1.15 bits per heavy atom. The molecule has 0 unspecified atom stereocenters. The Hall–Kier alpha value is -0.710. The Balaban J connectivity index is 0.00000147. The molecule has 0 atom stereocenters. The Bertz CT molecular complexity index is 461. The molecule has 0 saturated carbocycles. The molecule has 1 N–H and O–H groups in total. The lowest BCUT2D eigenvalue weighted by atomic mass is 9.78.